The quantitative estimate of drug-likeness (QED) is 0.465. The SMILES string of the molecule is CC(N)c1cccc[c]1[Sn]([CH3])([Br])[O]CS. The van der Waals surface area contributed by atoms with Crippen molar-refractivity contribution < 1.29 is 3.07 Å². The fourth-order valence-electron chi connectivity index (χ4n) is 1.50. The van der Waals surface area contributed by atoms with Crippen LogP contribution in [-0.4, -0.2) is 22.5 Å². The second-order valence-corrected chi connectivity index (χ2v) is 21.6. The third-order valence-corrected chi connectivity index (χ3v) is 13.5. The van der Waals surface area contributed by atoms with E-state index in [-0.39, 0.29) is 6.04 Å². The number of hydrogen-bond donors (Lipinski definition) is 2. The Kier molecular flexibility index (Phi) is 5.45. The molecule has 84 valence electrons. The Bertz CT molecular complexity index is 333. The van der Waals surface area contributed by atoms with Gasteiger partial charge in [0.15, 0.2) is 0 Å². The van der Waals surface area contributed by atoms with Crippen molar-refractivity contribution in [2.75, 3.05) is 5.94 Å². The zero-order valence-electron chi connectivity index (χ0n) is 8.90. The molecule has 0 spiro atoms. The maximum absolute atomic E-state index is 5.95. The first kappa shape index (κ1) is 13.8. The van der Waals surface area contributed by atoms with E-state index in [0.717, 1.165) is 0 Å². The first-order valence-electron chi connectivity index (χ1n) is 4.77. The molecule has 0 saturated heterocycles. The summed E-state index contributed by atoms with van der Waals surface area (Å²) in [6.07, 6.45) is 0. The Hall–Kier alpha value is 0.769. The summed E-state index contributed by atoms with van der Waals surface area (Å²) in [6, 6.07) is 8.25. The number of nitrogens with two attached hydrogens (primary N) is 1. The molecule has 0 bridgehead atoms. The van der Waals surface area contributed by atoms with E-state index in [0.29, 0.717) is 5.94 Å². The summed E-state index contributed by atoms with van der Waals surface area (Å²) in [7, 11) is 0. The van der Waals surface area contributed by atoms with E-state index in [1.54, 1.807) is 0 Å². The molecule has 0 amide bonds. The minimum atomic E-state index is -2.80. The van der Waals surface area contributed by atoms with Crippen molar-refractivity contribution in [1.29, 1.82) is 0 Å². The molecule has 0 aliphatic carbocycles. The van der Waals surface area contributed by atoms with Crippen LogP contribution < -0.4 is 9.31 Å². The van der Waals surface area contributed by atoms with Gasteiger partial charge >= 0.3 is 108 Å². The predicted octanol–water partition coefficient (Wildman–Crippen LogP) is 2.28. The van der Waals surface area contributed by atoms with Crippen molar-refractivity contribution in [2.45, 2.75) is 17.9 Å². The molecule has 1 aromatic carbocycles. The second-order valence-electron chi connectivity index (χ2n) is 3.57. The van der Waals surface area contributed by atoms with Crippen LogP contribution in [0, 0.1) is 0 Å². The first-order valence-corrected chi connectivity index (χ1v) is 17.3. The van der Waals surface area contributed by atoms with Crippen LogP contribution in [0.5, 0.6) is 0 Å². The van der Waals surface area contributed by atoms with Crippen molar-refractivity contribution in [3.05, 3.63) is 29.8 Å². The van der Waals surface area contributed by atoms with Gasteiger partial charge in [-0.15, -0.1) is 0 Å². The zero-order chi connectivity index (χ0) is 11.5. The predicted molar refractivity (Wildman–Crippen MR) is 74.2 cm³/mol. The normalized spacial score (nSPS) is 17.1. The second kappa shape index (κ2) is 5.91. The van der Waals surface area contributed by atoms with Gasteiger partial charge in [-0.3, -0.25) is 0 Å². The van der Waals surface area contributed by atoms with E-state index >= 15 is 0 Å². The molecule has 0 aromatic heterocycles. The van der Waals surface area contributed by atoms with Crippen LogP contribution in [-0.2, 0) is 3.07 Å². The maximum atomic E-state index is 5.95. The molecule has 5 heteroatoms. The minimum absolute atomic E-state index is 0.0401. The molecule has 2 nitrogen and oxygen atoms in total. The van der Waals surface area contributed by atoms with Gasteiger partial charge in [-0.2, -0.15) is 0 Å². The summed E-state index contributed by atoms with van der Waals surface area (Å²) in [5, 5.41) is 0. The van der Waals surface area contributed by atoms with Crippen LogP contribution in [0.25, 0.3) is 0 Å². The van der Waals surface area contributed by atoms with Crippen LogP contribution in [0.1, 0.15) is 18.5 Å². The molecule has 0 fully saturated rings. The number of halogens is 1. The average molecular weight is 397 g/mol. The summed E-state index contributed by atoms with van der Waals surface area (Å²) in [5.74, 6) is 0.450. The fourth-order valence-corrected chi connectivity index (χ4v) is 12.2. The summed E-state index contributed by atoms with van der Waals surface area (Å²) in [4.78, 5) is 2.16. The molecule has 0 aliphatic rings. The van der Waals surface area contributed by atoms with E-state index in [1.165, 1.54) is 9.14 Å². The molecule has 2 unspecified atom stereocenters. The Morgan fingerprint density at radius 3 is 2.67 bits per heavy atom. The van der Waals surface area contributed by atoms with Gasteiger partial charge in [0.25, 0.3) is 0 Å². The van der Waals surface area contributed by atoms with Gasteiger partial charge in [-0.25, -0.2) is 0 Å². The van der Waals surface area contributed by atoms with Gasteiger partial charge in [0, 0.05) is 0 Å². The van der Waals surface area contributed by atoms with Gasteiger partial charge in [-0.1, -0.05) is 0 Å². The number of thiol groups is 1. The summed E-state index contributed by atoms with van der Waals surface area (Å²) in [5.41, 5.74) is 7.12. The van der Waals surface area contributed by atoms with Gasteiger partial charge in [0.2, 0.25) is 0 Å². The fraction of sp³-hybridized carbons (Fsp3) is 0.400. The van der Waals surface area contributed by atoms with E-state index in [1.807, 2.05) is 19.1 Å². The Balaban J connectivity index is 3.12. The van der Waals surface area contributed by atoms with Crippen molar-refractivity contribution in [3.8, 4) is 0 Å². The molecular formula is C10H16BrNOSSn. The Morgan fingerprint density at radius 2 is 2.13 bits per heavy atom. The Labute approximate surface area is 107 Å². The van der Waals surface area contributed by atoms with Crippen molar-refractivity contribution in [3.63, 3.8) is 0 Å². The van der Waals surface area contributed by atoms with Gasteiger partial charge in [0.05, 0.1) is 0 Å². The number of rotatable bonds is 4. The van der Waals surface area contributed by atoms with Gasteiger partial charge < -0.3 is 0 Å². The summed E-state index contributed by atoms with van der Waals surface area (Å²) >= 11 is 5.07. The zero-order valence-corrected chi connectivity index (χ0v) is 14.2. The molecule has 1 rings (SSSR count). The van der Waals surface area contributed by atoms with Crippen molar-refractivity contribution in [1.82, 2.24) is 0 Å². The van der Waals surface area contributed by atoms with Gasteiger partial charge in [0.1, 0.15) is 0 Å². The van der Waals surface area contributed by atoms with Crippen LogP contribution >= 0.6 is 25.3 Å². The monoisotopic (exact) mass is 397 g/mol. The van der Waals surface area contributed by atoms with Crippen molar-refractivity contribution >= 4 is 45.5 Å². The standard InChI is InChI=1S/C8H10N.CH3OS.CH3.BrH.Sn/c1-7(9)8-5-3-2-4-6-8;2-1-3;;;/h2-5,7H,9H2,1H3;3H,1H2;1H3;1H;/q;-1;;;+2/p-1. The van der Waals surface area contributed by atoms with E-state index in [9.17, 15) is 0 Å². The Morgan fingerprint density at radius 1 is 1.53 bits per heavy atom. The molecule has 1 aromatic rings. The third-order valence-electron chi connectivity index (χ3n) is 2.27. The van der Waals surface area contributed by atoms with E-state index in [4.69, 9.17) is 8.81 Å². The topological polar surface area (TPSA) is 35.2 Å². The summed E-state index contributed by atoms with van der Waals surface area (Å²) in [6.45, 7) is 1.99. The number of benzene rings is 1. The molecule has 0 radical (unpaired) electrons. The molecule has 0 aliphatic heterocycles. The molecule has 2 N–H and O–H groups in total. The van der Waals surface area contributed by atoms with E-state index < -0.39 is 16.6 Å². The average Bonchev–Trinajstić information content (AvgIpc) is 2.17. The first-order chi connectivity index (χ1) is 6.99. The van der Waals surface area contributed by atoms with Gasteiger partial charge in [-0.05, 0) is 0 Å². The molecule has 0 saturated carbocycles. The molecule has 15 heavy (non-hydrogen) atoms. The third kappa shape index (κ3) is 3.63. The van der Waals surface area contributed by atoms with Crippen LogP contribution in [0.2, 0.25) is 4.94 Å². The van der Waals surface area contributed by atoms with Crippen LogP contribution in [0.15, 0.2) is 24.3 Å². The van der Waals surface area contributed by atoms with Crippen LogP contribution in [0.3, 0.4) is 0 Å². The van der Waals surface area contributed by atoms with Crippen LogP contribution in [0.4, 0.5) is 0 Å². The molecule has 0 heterocycles. The number of hydrogen-bond acceptors (Lipinski definition) is 3. The summed E-state index contributed by atoms with van der Waals surface area (Å²) < 4.78 is 7.00. The molecular weight excluding hydrogens is 381 g/mol. The van der Waals surface area contributed by atoms with Crippen molar-refractivity contribution in [2.24, 2.45) is 5.73 Å². The van der Waals surface area contributed by atoms with E-state index in [2.05, 4.69) is 42.4 Å². The molecule has 2 atom stereocenters.